The van der Waals surface area contributed by atoms with Crippen LogP contribution in [0, 0.1) is 5.92 Å². The molecule has 1 saturated heterocycles. The molecular formula is C13H13F3N4O. The molecule has 5 nitrogen and oxygen atoms in total. The van der Waals surface area contributed by atoms with Crippen LogP contribution in [0.15, 0.2) is 29.4 Å². The fraction of sp³-hybridized carbons (Fsp3) is 0.462. The molecule has 1 aromatic carbocycles. The van der Waals surface area contributed by atoms with E-state index in [1.54, 1.807) is 0 Å². The Morgan fingerprint density at radius 3 is 2.76 bits per heavy atom. The highest BCUT2D eigenvalue weighted by molar-refractivity contribution is 5.78. The highest BCUT2D eigenvalue weighted by atomic mass is 19.4. The SMILES string of the molecule is [N-]=[N+]=NCC1CC(=O)N(Cc2ccccc2C(F)(F)F)C1. The number of amides is 1. The van der Waals surface area contributed by atoms with Crippen molar-refractivity contribution in [2.24, 2.45) is 11.0 Å². The first-order valence-corrected chi connectivity index (χ1v) is 6.35. The Balaban J connectivity index is 2.12. The summed E-state index contributed by atoms with van der Waals surface area (Å²) in [5, 5.41) is 3.41. The zero-order valence-electron chi connectivity index (χ0n) is 11.0. The van der Waals surface area contributed by atoms with Gasteiger partial charge in [0.2, 0.25) is 5.91 Å². The molecule has 1 atom stereocenters. The van der Waals surface area contributed by atoms with E-state index in [1.807, 2.05) is 0 Å². The lowest BCUT2D eigenvalue weighted by Gasteiger charge is -2.19. The monoisotopic (exact) mass is 298 g/mol. The van der Waals surface area contributed by atoms with E-state index in [1.165, 1.54) is 23.1 Å². The number of carbonyl (C=O) groups is 1. The molecule has 0 aliphatic carbocycles. The van der Waals surface area contributed by atoms with Crippen LogP contribution in [0.2, 0.25) is 0 Å². The molecule has 0 N–H and O–H groups in total. The van der Waals surface area contributed by atoms with Crippen LogP contribution in [-0.2, 0) is 17.5 Å². The molecule has 21 heavy (non-hydrogen) atoms. The van der Waals surface area contributed by atoms with Crippen molar-refractivity contribution in [2.45, 2.75) is 19.1 Å². The Morgan fingerprint density at radius 2 is 2.10 bits per heavy atom. The summed E-state index contributed by atoms with van der Waals surface area (Å²) >= 11 is 0. The molecule has 112 valence electrons. The van der Waals surface area contributed by atoms with E-state index in [9.17, 15) is 18.0 Å². The molecule has 1 aromatic rings. The van der Waals surface area contributed by atoms with E-state index in [-0.39, 0.29) is 36.9 Å². The summed E-state index contributed by atoms with van der Waals surface area (Å²) in [4.78, 5) is 15.8. The van der Waals surface area contributed by atoms with Crippen LogP contribution in [0.3, 0.4) is 0 Å². The first-order valence-electron chi connectivity index (χ1n) is 6.35. The number of carbonyl (C=O) groups excluding carboxylic acids is 1. The van der Waals surface area contributed by atoms with Gasteiger partial charge in [-0.25, -0.2) is 0 Å². The van der Waals surface area contributed by atoms with Gasteiger partial charge in [0.15, 0.2) is 0 Å². The average molecular weight is 298 g/mol. The lowest BCUT2D eigenvalue weighted by atomic mass is 10.1. The van der Waals surface area contributed by atoms with Crippen molar-refractivity contribution >= 4 is 5.91 Å². The van der Waals surface area contributed by atoms with E-state index >= 15 is 0 Å². The second-order valence-corrected chi connectivity index (χ2v) is 4.91. The molecule has 1 amide bonds. The van der Waals surface area contributed by atoms with E-state index < -0.39 is 11.7 Å². The third-order valence-electron chi connectivity index (χ3n) is 3.38. The molecule has 1 unspecified atom stereocenters. The molecule has 0 spiro atoms. The van der Waals surface area contributed by atoms with Crippen molar-refractivity contribution < 1.29 is 18.0 Å². The van der Waals surface area contributed by atoms with Gasteiger partial charge in [-0.05, 0) is 23.1 Å². The molecule has 0 saturated carbocycles. The van der Waals surface area contributed by atoms with Crippen molar-refractivity contribution in [3.8, 4) is 0 Å². The van der Waals surface area contributed by atoms with Crippen LogP contribution >= 0.6 is 0 Å². The van der Waals surface area contributed by atoms with Gasteiger partial charge in [-0.1, -0.05) is 23.3 Å². The van der Waals surface area contributed by atoms with Gasteiger partial charge < -0.3 is 4.90 Å². The van der Waals surface area contributed by atoms with Gasteiger partial charge in [0.25, 0.3) is 0 Å². The normalized spacial score (nSPS) is 18.7. The van der Waals surface area contributed by atoms with Crippen molar-refractivity contribution in [3.05, 3.63) is 45.8 Å². The maximum absolute atomic E-state index is 12.9. The van der Waals surface area contributed by atoms with Crippen molar-refractivity contribution in [3.63, 3.8) is 0 Å². The molecule has 8 heteroatoms. The van der Waals surface area contributed by atoms with Gasteiger partial charge in [-0.3, -0.25) is 4.79 Å². The molecule has 2 rings (SSSR count). The van der Waals surface area contributed by atoms with Crippen LogP contribution in [0.25, 0.3) is 10.4 Å². The highest BCUT2D eigenvalue weighted by Crippen LogP contribution is 2.33. The van der Waals surface area contributed by atoms with E-state index in [4.69, 9.17) is 5.53 Å². The molecule has 1 fully saturated rings. The summed E-state index contributed by atoms with van der Waals surface area (Å²) in [6, 6.07) is 5.22. The van der Waals surface area contributed by atoms with Gasteiger partial charge in [-0.15, -0.1) is 0 Å². The van der Waals surface area contributed by atoms with E-state index in [0.717, 1.165) is 6.07 Å². The molecule has 1 aliphatic rings. The molecule has 0 aromatic heterocycles. The number of hydrogen-bond acceptors (Lipinski definition) is 2. The summed E-state index contributed by atoms with van der Waals surface area (Å²) in [5.41, 5.74) is 7.60. The second-order valence-electron chi connectivity index (χ2n) is 4.91. The lowest BCUT2D eigenvalue weighted by Crippen LogP contribution is -2.26. The van der Waals surface area contributed by atoms with Gasteiger partial charge in [0.05, 0.1) is 5.56 Å². The van der Waals surface area contributed by atoms with Gasteiger partial charge in [-0.2, -0.15) is 13.2 Å². The zero-order valence-corrected chi connectivity index (χ0v) is 11.0. The van der Waals surface area contributed by atoms with Gasteiger partial charge >= 0.3 is 6.18 Å². The van der Waals surface area contributed by atoms with E-state index in [2.05, 4.69) is 10.0 Å². The topological polar surface area (TPSA) is 69.1 Å². The molecular weight excluding hydrogens is 285 g/mol. The summed E-state index contributed by atoms with van der Waals surface area (Å²) < 4.78 is 38.7. The Labute approximate surface area is 119 Å². The van der Waals surface area contributed by atoms with Crippen molar-refractivity contribution in [1.29, 1.82) is 0 Å². The Bertz CT molecular complexity index is 581. The molecule has 1 heterocycles. The molecule has 1 aliphatic heterocycles. The largest absolute Gasteiger partial charge is 0.416 e. The van der Waals surface area contributed by atoms with Gasteiger partial charge in [0.1, 0.15) is 0 Å². The molecule has 0 bridgehead atoms. The highest BCUT2D eigenvalue weighted by Gasteiger charge is 2.35. The maximum Gasteiger partial charge on any atom is 0.416 e. The van der Waals surface area contributed by atoms with Crippen LogP contribution in [0.4, 0.5) is 13.2 Å². The first-order chi connectivity index (χ1) is 9.91. The number of azide groups is 1. The number of halogens is 3. The predicted octanol–water partition coefficient (Wildman–Crippen LogP) is 3.36. The fourth-order valence-corrected chi connectivity index (χ4v) is 2.42. The van der Waals surface area contributed by atoms with Crippen LogP contribution in [0.1, 0.15) is 17.5 Å². The minimum absolute atomic E-state index is 0.0720. The van der Waals surface area contributed by atoms with Crippen molar-refractivity contribution in [1.82, 2.24) is 4.90 Å². The van der Waals surface area contributed by atoms with Crippen LogP contribution in [-0.4, -0.2) is 23.9 Å². The number of likely N-dealkylation sites (tertiary alicyclic amines) is 1. The minimum Gasteiger partial charge on any atom is -0.338 e. The smallest absolute Gasteiger partial charge is 0.338 e. The standard InChI is InChI=1S/C13H13F3N4O/c14-13(15,16)11-4-2-1-3-10(11)8-20-7-9(5-12(20)21)6-18-19-17/h1-4,9H,5-8H2. The fourth-order valence-electron chi connectivity index (χ4n) is 2.42. The second kappa shape index (κ2) is 6.05. The lowest BCUT2D eigenvalue weighted by molar-refractivity contribution is -0.139. The number of alkyl halides is 3. The Morgan fingerprint density at radius 1 is 1.38 bits per heavy atom. The third-order valence-corrected chi connectivity index (χ3v) is 3.38. The number of hydrogen-bond donors (Lipinski definition) is 0. The minimum atomic E-state index is -4.44. The first kappa shape index (κ1) is 15.2. The zero-order chi connectivity index (χ0) is 15.5. The number of nitrogens with zero attached hydrogens (tertiary/aromatic N) is 4. The van der Waals surface area contributed by atoms with Crippen LogP contribution in [0.5, 0.6) is 0 Å². The Hall–Kier alpha value is -2.21. The van der Waals surface area contributed by atoms with Crippen LogP contribution < -0.4 is 0 Å². The molecule has 0 radical (unpaired) electrons. The van der Waals surface area contributed by atoms with Gasteiger partial charge in [0, 0.05) is 31.0 Å². The number of benzene rings is 1. The predicted molar refractivity (Wildman–Crippen MR) is 69.0 cm³/mol. The van der Waals surface area contributed by atoms with E-state index in [0.29, 0.717) is 6.54 Å². The number of rotatable bonds is 4. The summed E-state index contributed by atoms with van der Waals surface area (Å²) in [6.45, 7) is 0.408. The average Bonchev–Trinajstić information content (AvgIpc) is 2.76. The summed E-state index contributed by atoms with van der Waals surface area (Å²) in [6.07, 6.45) is -4.24. The maximum atomic E-state index is 12.9. The summed E-state index contributed by atoms with van der Waals surface area (Å²) in [7, 11) is 0. The third kappa shape index (κ3) is 3.66. The van der Waals surface area contributed by atoms with Crippen molar-refractivity contribution in [2.75, 3.05) is 13.1 Å². The summed E-state index contributed by atoms with van der Waals surface area (Å²) in [5.74, 6) is -0.350. The Kier molecular flexibility index (Phi) is 4.37. The quantitative estimate of drug-likeness (QED) is 0.477.